The lowest BCUT2D eigenvalue weighted by atomic mass is 9.85. The molecule has 0 radical (unpaired) electrons. The molecule has 0 aromatic heterocycles. The van der Waals surface area contributed by atoms with E-state index in [4.69, 9.17) is 0 Å². The lowest BCUT2D eigenvalue weighted by Crippen LogP contribution is -1.91. The van der Waals surface area contributed by atoms with Crippen molar-refractivity contribution in [3.05, 3.63) is 145 Å². The molecular weight excluding hydrogens is 458 g/mol. The third-order valence-corrected chi connectivity index (χ3v) is 7.47. The second-order valence-corrected chi connectivity index (χ2v) is 9.67. The summed E-state index contributed by atoms with van der Waals surface area (Å²) in [7, 11) is 0. The topological polar surface area (TPSA) is 23.8 Å². The quantitative estimate of drug-likeness (QED) is 0.230. The van der Waals surface area contributed by atoms with E-state index in [0.717, 1.165) is 5.56 Å². The highest BCUT2D eigenvalue weighted by molar-refractivity contribution is 6.21. The Bertz CT molecular complexity index is 1950. The smallest absolute Gasteiger partial charge is 0.0991 e. The molecule has 7 aromatic rings. The van der Waals surface area contributed by atoms with Crippen molar-refractivity contribution in [3.8, 4) is 39.4 Å². The molecule has 0 aliphatic rings. The number of fused-ring (bicyclic) bond motifs is 3. The van der Waals surface area contributed by atoms with E-state index in [1.807, 2.05) is 12.1 Å². The first-order valence-corrected chi connectivity index (χ1v) is 12.8. The van der Waals surface area contributed by atoms with Crippen molar-refractivity contribution in [3.63, 3.8) is 0 Å². The number of hydrogen-bond acceptors (Lipinski definition) is 1. The van der Waals surface area contributed by atoms with Crippen molar-refractivity contribution in [1.82, 2.24) is 0 Å². The van der Waals surface area contributed by atoms with Crippen LogP contribution in [0.15, 0.2) is 140 Å². The zero-order chi connectivity index (χ0) is 25.5. The summed E-state index contributed by atoms with van der Waals surface area (Å²) < 4.78 is 0. The number of benzene rings is 7. The molecule has 0 spiro atoms. The van der Waals surface area contributed by atoms with Gasteiger partial charge in [-0.05, 0) is 90.0 Å². The minimum atomic E-state index is 0.672. The molecule has 0 unspecified atom stereocenters. The molecule has 0 atom stereocenters. The van der Waals surface area contributed by atoms with Crippen LogP contribution in [-0.4, -0.2) is 0 Å². The van der Waals surface area contributed by atoms with Gasteiger partial charge in [0.2, 0.25) is 0 Å². The third-order valence-electron chi connectivity index (χ3n) is 7.47. The molecule has 0 saturated heterocycles. The van der Waals surface area contributed by atoms with Gasteiger partial charge in [-0.1, -0.05) is 115 Å². The summed E-state index contributed by atoms with van der Waals surface area (Å²) in [5.74, 6) is 0. The van der Waals surface area contributed by atoms with Crippen LogP contribution in [0.5, 0.6) is 0 Å². The van der Waals surface area contributed by atoms with Crippen molar-refractivity contribution in [2.45, 2.75) is 0 Å². The molecule has 0 aliphatic carbocycles. The fraction of sp³-hybridized carbons (Fsp3) is 0. The molecule has 38 heavy (non-hydrogen) atoms. The predicted octanol–water partition coefficient (Wildman–Crippen LogP) is 10.0. The Morgan fingerprint density at radius 2 is 0.816 bits per heavy atom. The molecular formula is C37H23N. The summed E-state index contributed by atoms with van der Waals surface area (Å²) >= 11 is 0. The summed E-state index contributed by atoms with van der Waals surface area (Å²) in [5.41, 5.74) is 7.92. The average Bonchev–Trinajstić information content (AvgIpc) is 3.00. The Kier molecular flexibility index (Phi) is 5.24. The van der Waals surface area contributed by atoms with Gasteiger partial charge >= 0.3 is 0 Å². The molecule has 176 valence electrons. The lowest BCUT2D eigenvalue weighted by molar-refractivity contribution is 1.49. The summed E-state index contributed by atoms with van der Waals surface area (Å²) in [6.45, 7) is 0. The van der Waals surface area contributed by atoms with Crippen LogP contribution in [0, 0.1) is 11.3 Å². The Morgan fingerprint density at radius 1 is 0.368 bits per heavy atom. The van der Waals surface area contributed by atoms with Crippen LogP contribution in [0.4, 0.5) is 0 Å². The highest BCUT2D eigenvalue weighted by Gasteiger charge is 2.16. The molecule has 0 heterocycles. The van der Waals surface area contributed by atoms with Crippen molar-refractivity contribution in [1.29, 1.82) is 5.26 Å². The van der Waals surface area contributed by atoms with Crippen LogP contribution in [0.25, 0.3) is 65.7 Å². The van der Waals surface area contributed by atoms with E-state index < -0.39 is 0 Å². The Morgan fingerprint density at radius 3 is 1.37 bits per heavy atom. The van der Waals surface area contributed by atoms with Crippen molar-refractivity contribution >= 4 is 32.3 Å². The van der Waals surface area contributed by atoms with Gasteiger partial charge in [-0.15, -0.1) is 0 Å². The largest absolute Gasteiger partial charge is 0.192 e. The fourth-order valence-corrected chi connectivity index (χ4v) is 5.67. The van der Waals surface area contributed by atoms with E-state index in [-0.39, 0.29) is 0 Å². The first kappa shape index (κ1) is 22.0. The van der Waals surface area contributed by atoms with Crippen LogP contribution in [0.3, 0.4) is 0 Å². The molecule has 0 bridgehead atoms. The molecule has 0 N–H and O–H groups in total. The molecule has 1 nitrogen and oxygen atoms in total. The predicted molar refractivity (Wildman–Crippen MR) is 160 cm³/mol. The van der Waals surface area contributed by atoms with Gasteiger partial charge in [0.05, 0.1) is 11.6 Å². The average molecular weight is 482 g/mol. The first-order valence-electron chi connectivity index (χ1n) is 12.8. The molecule has 1 heteroatoms. The standard InChI is InChI=1S/C37H23N/c38-24-25-14-16-27(17-15-25)36-32-10-4-6-12-34(32)37(35-13-7-5-11-33(35)36)31-21-20-29-22-28(18-19-30(29)23-31)26-8-2-1-3-9-26/h1-23H. The highest BCUT2D eigenvalue weighted by atomic mass is 14.2. The summed E-state index contributed by atoms with van der Waals surface area (Å²) in [4.78, 5) is 0. The van der Waals surface area contributed by atoms with Gasteiger partial charge in [-0.25, -0.2) is 0 Å². The van der Waals surface area contributed by atoms with Crippen molar-refractivity contribution < 1.29 is 0 Å². The van der Waals surface area contributed by atoms with Crippen LogP contribution in [0.2, 0.25) is 0 Å². The van der Waals surface area contributed by atoms with Gasteiger partial charge in [-0.3, -0.25) is 0 Å². The van der Waals surface area contributed by atoms with E-state index in [1.165, 1.54) is 60.1 Å². The zero-order valence-electron chi connectivity index (χ0n) is 20.7. The summed E-state index contributed by atoms with van der Waals surface area (Å²) in [6.07, 6.45) is 0. The highest BCUT2D eigenvalue weighted by Crippen LogP contribution is 2.44. The monoisotopic (exact) mass is 481 g/mol. The van der Waals surface area contributed by atoms with Gasteiger partial charge in [0.1, 0.15) is 0 Å². The van der Waals surface area contributed by atoms with E-state index in [0.29, 0.717) is 5.56 Å². The third kappa shape index (κ3) is 3.63. The van der Waals surface area contributed by atoms with Crippen LogP contribution >= 0.6 is 0 Å². The normalized spacial score (nSPS) is 11.1. The van der Waals surface area contributed by atoms with Crippen LogP contribution < -0.4 is 0 Å². The molecule has 0 saturated carbocycles. The number of hydrogen-bond donors (Lipinski definition) is 0. The van der Waals surface area contributed by atoms with Gasteiger partial charge in [0, 0.05) is 0 Å². The first-order chi connectivity index (χ1) is 18.8. The Labute approximate surface area is 221 Å². The van der Waals surface area contributed by atoms with E-state index >= 15 is 0 Å². The second-order valence-electron chi connectivity index (χ2n) is 9.67. The number of nitrogens with zero attached hydrogens (tertiary/aromatic N) is 1. The maximum Gasteiger partial charge on any atom is 0.0991 e. The maximum atomic E-state index is 9.30. The summed E-state index contributed by atoms with van der Waals surface area (Å²) in [6, 6.07) is 51.6. The van der Waals surface area contributed by atoms with Gasteiger partial charge in [0.25, 0.3) is 0 Å². The van der Waals surface area contributed by atoms with E-state index in [1.54, 1.807) is 0 Å². The van der Waals surface area contributed by atoms with Gasteiger partial charge < -0.3 is 0 Å². The Hall–Kier alpha value is -5.19. The second kappa shape index (κ2) is 9.04. The van der Waals surface area contributed by atoms with Gasteiger partial charge in [-0.2, -0.15) is 5.26 Å². The van der Waals surface area contributed by atoms with E-state index in [9.17, 15) is 5.26 Å². The molecule has 0 aliphatic heterocycles. The number of rotatable bonds is 3. The molecule has 0 fully saturated rings. The fourth-order valence-electron chi connectivity index (χ4n) is 5.67. The minimum absolute atomic E-state index is 0.672. The molecule has 7 aromatic carbocycles. The molecule has 7 rings (SSSR count). The van der Waals surface area contributed by atoms with Gasteiger partial charge in [0.15, 0.2) is 0 Å². The van der Waals surface area contributed by atoms with Crippen molar-refractivity contribution in [2.75, 3.05) is 0 Å². The number of nitriles is 1. The van der Waals surface area contributed by atoms with Crippen LogP contribution in [0.1, 0.15) is 5.56 Å². The SMILES string of the molecule is N#Cc1ccc(-c2c3ccccc3c(-c3ccc4cc(-c5ccccc5)ccc4c3)c3ccccc23)cc1. The summed E-state index contributed by atoms with van der Waals surface area (Å²) in [5, 5.41) is 16.6. The van der Waals surface area contributed by atoms with Crippen molar-refractivity contribution in [2.24, 2.45) is 0 Å². The van der Waals surface area contributed by atoms with Crippen LogP contribution in [-0.2, 0) is 0 Å². The zero-order valence-corrected chi connectivity index (χ0v) is 20.7. The van der Waals surface area contributed by atoms with E-state index in [2.05, 4.69) is 133 Å². The Balaban J connectivity index is 1.47. The minimum Gasteiger partial charge on any atom is -0.192 e. The maximum absolute atomic E-state index is 9.30. The molecule has 0 amide bonds. The lowest BCUT2D eigenvalue weighted by Gasteiger charge is -2.18.